The molecule has 1 heterocycles. The van der Waals surface area contributed by atoms with E-state index in [4.69, 9.17) is 0 Å². The number of hydrogen-bond donors (Lipinski definition) is 1. The van der Waals surface area contributed by atoms with Crippen molar-refractivity contribution in [3.05, 3.63) is 41.8 Å². The average molecular weight is 263 g/mol. The fraction of sp³-hybridized carbons (Fsp3) is 0.333. The van der Waals surface area contributed by atoms with Gasteiger partial charge in [-0.15, -0.1) is 11.3 Å². The number of hydrogen-bond acceptors (Lipinski definition) is 2. The van der Waals surface area contributed by atoms with Gasteiger partial charge in [0.15, 0.2) is 0 Å². The number of alkyl halides is 1. The summed E-state index contributed by atoms with van der Waals surface area (Å²) >= 11 is 1.72. The molecule has 2 rings (SSSR count). The Balaban J connectivity index is 2.24. The third kappa shape index (κ3) is 2.79. The highest BCUT2D eigenvalue weighted by Gasteiger charge is 2.13. The molecule has 0 aliphatic rings. The maximum Gasteiger partial charge on any atom is 0.0912 e. The van der Waals surface area contributed by atoms with Gasteiger partial charge in [-0.25, -0.2) is 0 Å². The van der Waals surface area contributed by atoms with Crippen molar-refractivity contribution in [2.75, 3.05) is 13.2 Å². The predicted octanol–water partition coefficient (Wildman–Crippen LogP) is 4.25. The quantitative estimate of drug-likeness (QED) is 0.821. The molecule has 2 aromatic rings. The van der Waals surface area contributed by atoms with Crippen molar-refractivity contribution in [3.63, 3.8) is 0 Å². The molecule has 0 spiro atoms. The highest BCUT2D eigenvalue weighted by Crippen LogP contribution is 2.26. The molecule has 1 atom stereocenters. The summed E-state index contributed by atoms with van der Waals surface area (Å²) < 4.78 is 13.8. The first kappa shape index (κ1) is 13.2. The van der Waals surface area contributed by atoms with Gasteiger partial charge in [-0.05, 0) is 47.0 Å². The molecular formula is C15H18FNS. The van der Waals surface area contributed by atoms with E-state index >= 15 is 0 Å². The largest absolute Gasteiger partial charge is 0.310 e. The molecule has 1 aromatic heterocycles. The normalized spacial score (nSPS) is 12.8. The first-order valence-electron chi connectivity index (χ1n) is 6.22. The van der Waals surface area contributed by atoms with E-state index < -0.39 is 0 Å². The second kappa shape index (κ2) is 6.12. The van der Waals surface area contributed by atoms with Crippen molar-refractivity contribution in [3.8, 4) is 0 Å². The summed E-state index contributed by atoms with van der Waals surface area (Å²) in [6.45, 7) is 6.66. The van der Waals surface area contributed by atoms with Crippen LogP contribution in [0.15, 0.2) is 36.2 Å². The number of nitrogens with one attached hydrogen (secondary N) is 1. The minimum absolute atomic E-state index is 0.0254. The SMILES string of the molecule is C=C(c1ccc2ccsc2c1)C(CCF)NCC. The lowest BCUT2D eigenvalue weighted by Gasteiger charge is -2.19. The minimum Gasteiger partial charge on any atom is -0.310 e. The van der Waals surface area contributed by atoms with Gasteiger partial charge in [0.25, 0.3) is 0 Å². The van der Waals surface area contributed by atoms with Gasteiger partial charge in [-0.2, -0.15) is 0 Å². The fourth-order valence-corrected chi connectivity index (χ4v) is 2.94. The summed E-state index contributed by atoms with van der Waals surface area (Å²) in [6.07, 6.45) is 0.481. The van der Waals surface area contributed by atoms with E-state index in [0.717, 1.165) is 17.7 Å². The molecule has 0 aliphatic heterocycles. The smallest absolute Gasteiger partial charge is 0.0912 e. The van der Waals surface area contributed by atoms with E-state index in [9.17, 15) is 4.39 Å². The molecule has 0 bridgehead atoms. The molecule has 0 radical (unpaired) electrons. The highest BCUT2D eigenvalue weighted by molar-refractivity contribution is 7.17. The van der Waals surface area contributed by atoms with Gasteiger partial charge < -0.3 is 5.32 Å². The number of rotatable bonds is 6. The van der Waals surface area contributed by atoms with Crippen LogP contribution in [-0.2, 0) is 0 Å². The van der Waals surface area contributed by atoms with Crippen LogP contribution in [0.25, 0.3) is 15.7 Å². The molecule has 0 saturated heterocycles. The molecule has 1 nitrogen and oxygen atoms in total. The van der Waals surface area contributed by atoms with E-state index in [1.54, 1.807) is 11.3 Å². The third-order valence-electron chi connectivity index (χ3n) is 3.10. The standard InChI is InChI=1S/C15H18FNS/c1-3-17-14(6-8-16)11(2)13-5-4-12-7-9-18-15(12)10-13/h4-5,7,9-10,14,17H,2-3,6,8H2,1H3. The van der Waals surface area contributed by atoms with E-state index in [-0.39, 0.29) is 12.7 Å². The lowest BCUT2D eigenvalue weighted by atomic mass is 9.97. The van der Waals surface area contributed by atoms with Crippen LogP contribution in [0.3, 0.4) is 0 Å². The minimum atomic E-state index is -0.321. The summed E-state index contributed by atoms with van der Waals surface area (Å²) in [7, 11) is 0. The number of thiophene rings is 1. The first-order valence-corrected chi connectivity index (χ1v) is 7.10. The van der Waals surface area contributed by atoms with Gasteiger partial charge in [0.05, 0.1) is 6.67 Å². The summed E-state index contributed by atoms with van der Waals surface area (Å²) in [5.41, 5.74) is 2.08. The Morgan fingerprint density at radius 2 is 2.28 bits per heavy atom. The van der Waals surface area contributed by atoms with Crippen molar-refractivity contribution in [2.24, 2.45) is 0 Å². The van der Waals surface area contributed by atoms with Crippen LogP contribution in [-0.4, -0.2) is 19.3 Å². The fourth-order valence-electron chi connectivity index (χ4n) is 2.11. The van der Waals surface area contributed by atoms with Gasteiger partial charge in [0.2, 0.25) is 0 Å². The summed E-state index contributed by atoms with van der Waals surface area (Å²) in [4.78, 5) is 0. The Morgan fingerprint density at radius 3 is 3.00 bits per heavy atom. The van der Waals surface area contributed by atoms with Crippen molar-refractivity contribution in [1.82, 2.24) is 5.32 Å². The van der Waals surface area contributed by atoms with E-state index in [1.165, 1.54) is 10.1 Å². The number of likely N-dealkylation sites (N-methyl/N-ethyl adjacent to an activating group) is 1. The van der Waals surface area contributed by atoms with Crippen LogP contribution >= 0.6 is 11.3 Å². The zero-order valence-electron chi connectivity index (χ0n) is 10.6. The monoisotopic (exact) mass is 263 g/mol. The van der Waals surface area contributed by atoms with E-state index in [2.05, 4.69) is 41.5 Å². The van der Waals surface area contributed by atoms with Crippen LogP contribution in [0.2, 0.25) is 0 Å². The summed E-state index contributed by atoms with van der Waals surface area (Å²) in [6, 6.07) is 8.45. The molecule has 0 fully saturated rings. The second-order valence-corrected chi connectivity index (χ2v) is 5.23. The molecule has 1 unspecified atom stereocenters. The van der Waals surface area contributed by atoms with Gasteiger partial charge >= 0.3 is 0 Å². The molecule has 3 heteroatoms. The third-order valence-corrected chi connectivity index (χ3v) is 3.98. The zero-order valence-corrected chi connectivity index (χ0v) is 11.4. The Bertz CT molecular complexity index is 526. The van der Waals surface area contributed by atoms with Crippen LogP contribution in [0.5, 0.6) is 0 Å². The lowest BCUT2D eigenvalue weighted by Crippen LogP contribution is -2.30. The Morgan fingerprint density at radius 1 is 1.44 bits per heavy atom. The highest BCUT2D eigenvalue weighted by atomic mass is 32.1. The molecule has 1 aromatic carbocycles. The van der Waals surface area contributed by atoms with Gasteiger partial charge in [0, 0.05) is 10.7 Å². The Kier molecular flexibility index (Phi) is 4.50. The first-order chi connectivity index (χ1) is 8.76. The maximum absolute atomic E-state index is 12.6. The molecule has 96 valence electrons. The summed E-state index contributed by atoms with van der Waals surface area (Å²) in [5, 5.41) is 6.62. The summed E-state index contributed by atoms with van der Waals surface area (Å²) in [5.74, 6) is 0. The number of fused-ring (bicyclic) bond motifs is 1. The molecule has 0 saturated carbocycles. The molecule has 1 N–H and O–H groups in total. The van der Waals surface area contributed by atoms with Gasteiger partial charge in [0.1, 0.15) is 0 Å². The predicted molar refractivity (Wildman–Crippen MR) is 78.9 cm³/mol. The number of halogens is 1. The lowest BCUT2D eigenvalue weighted by molar-refractivity contribution is 0.436. The molecule has 18 heavy (non-hydrogen) atoms. The maximum atomic E-state index is 12.6. The second-order valence-electron chi connectivity index (χ2n) is 4.29. The molecular weight excluding hydrogens is 245 g/mol. The van der Waals surface area contributed by atoms with Crippen molar-refractivity contribution in [2.45, 2.75) is 19.4 Å². The molecule has 0 amide bonds. The van der Waals surface area contributed by atoms with Crippen molar-refractivity contribution >= 4 is 27.0 Å². The number of benzene rings is 1. The van der Waals surface area contributed by atoms with Crippen molar-refractivity contribution in [1.29, 1.82) is 0 Å². The average Bonchev–Trinajstić information content (AvgIpc) is 2.84. The topological polar surface area (TPSA) is 12.0 Å². The van der Waals surface area contributed by atoms with Gasteiger partial charge in [-0.1, -0.05) is 25.6 Å². The van der Waals surface area contributed by atoms with E-state index in [1.807, 2.05) is 6.92 Å². The Labute approximate surface area is 111 Å². The Hall–Kier alpha value is -1.19. The van der Waals surface area contributed by atoms with Crippen molar-refractivity contribution < 1.29 is 4.39 Å². The van der Waals surface area contributed by atoms with Crippen LogP contribution in [0.1, 0.15) is 18.9 Å². The van der Waals surface area contributed by atoms with Crippen LogP contribution < -0.4 is 5.32 Å². The van der Waals surface area contributed by atoms with Crippen LogP contribution in [0.4, 0.5) is 4.39 Å². The zero-order chi connectivity index (χ0) is 13.0. The van der Waals surface area contributed by atoms with Crippen LogP contribution in [0, 0.1) is 0 Å². The van der Waals surface area contributed by atoms with Gasteiger partial charge in [-0.3, -0.25) is 4.39 Å². The molecule has 0 aliphatic carbocycles. The van der Waals surface area contributed by atoms with E-state index in [0.29, 0.717) is 6.42 Å².